The SMILES string of the molecule is CCc1nnc(-c2ccc(NC(=O)C(C)(C)C)cc2)o1. The van der Waals surface area contributed by atoms with E-state index in [0.717, 1.165) is 11.3 Å². The zero-order valence-electron chi connectivity index (χ0n) is 12.2. The molecule has 0 radical (unpaired) electrons. The third-order valence-electron chi connectivity index (χ3n) is 2.84. The lowest BCUT2D eigenvalue weighted by Crippen LogP contribution is -2.27. The molecule has 5 heteroatoms. The van der Waals surface area contributed by atoms with E-state index in [-0.39, 0.29) is 5.91 Å². The third-order valence-corrected chi connectivity index (χ3v) is 2.84. The number of aryl methyl sites for hydroxylation is 1. The minimum absolute atomic E-state index is 0.0173. The van der Waals surface area contributed by atoms with Crippen LogP contribution in [0.1, 0.15) is 33.6 Å². The van der Waals surface area contributed by atoms with E-state index in [1.54, 1.807) is 0 Å². The monoisotopic (exact) mass is 273 g/mol. The van der Waals surface area contributed by atoms with E-state index in [2.05, 4.69) is 15.5 Å². The van der Waals surface area contributed by atoms with Crippen molar-refractivity contribution in [2.45, 2.75) is 34.1 Å². The van der Waals surface area contributed by atoms with Gasteiger partial charge in [-0.15, -0.1) is 10.2 Å². The largest absolute Gasteiger partial charge is 0.421 e. The molecule has 0 aliphatic heterocycles. The summed E-state index contributed by atoms with van der Waals surface area (Å²) in [7, 11) is 0. The zero-order chi connectivity index (χ0) is 14.8. The summed E-state index contributed by atoms with van der Waals surface area (Å²) in [5, 5.41) is 10.8. The van der Waals surface area contributed by atoms with Crippen molar-refractivity contribution in [3.05, 3.63) is 30.2 Å². The molecule has 0 aliphatic rings. The highest BCUT2D eigenvalue weighted by molar-refractivity contribution is 5.94. The van der Waals surface area contributed by atoms with Crippen molar-refractivity contribution in [1.29, 1.82) is 0 Å². The van der Waals surface area contributed by atoms with Crippen molar-refractivity contribution < 1.29 is 9.21 Å². The Hall–Kier alpha value is -2.17. The number of benzene rings is 1. The van der Waals surface area contributed by atoms with Crippen molar-refractivity contribution >= 4 is 11.6 Å². The molecule has 0 fully saturated rings. The van der Waals surface area contributed by atoms with Crippen LogP contribution in [0.3, 0.4) is 0 Å². The summed E-state index contributed by atoms with van der Waals surface area (Å²) < 4.78 is 5.48. The molecule has 2 aromatic rings. The van der Waals surface area contributed by atoms with Crippen LogP contribution in [0.5, 0.6) is 0 Å². The predicted octanol–water partition coefficient (Wildman–Crippen LogP) is 3.28. The van der Waals surface area contributed by atoms with Crippen LogP contribution in [0.4, 0.5) is 5.69 Å². The molecule has 20 heavy (non-hydrogen) atoms. The summed E-state index contributed by atoms with van der Waals surface area (Å²) >= 11 is 0. The van der Waals surface area contributed by atoms with Gasteiger partial charge < -0.3 is 9.73 Å². The van der Waals surface area contributed by atoms with Crippen LogP contribution in [0, 0.1) is 5.41 Å². The maximum absolute atomic E-state index is 11.9. The fourth-order valence-electron chi connectivity index (χ4n) is 1.53. The first kappa shape index (κ1) is 14.2. The van der Waals surface area contributed by atoms with Crippen molar-refractivity contribution in [3.8, 4) is 11.5 Å². The molecule has 1 amide bonds. The number of rotatable bonds is 3. The van der Waals surface area contributed by atoms with Gasteiger partial charge in [0.05, 0.1) is 0 Å². The normalized spacial score (nSPS) is 11.4. The first-order valence-electron chi connectivity index (χ1n) is 6.64. The lowest BCUT2D eigenvalue weighted by molar-refractivity contribution is -0.123. The zero-order valence-corrected chi connectivity index (χ0v) is 12.2. The second-order valence-corrected chi connectivity index (χ2v) is 5.64. The van der Waals surface area contributed by atoms with Gasteiger partial charge in [0.25, 0.3) is 0 Å². The minimum Gasteiger partial charge on any atom is -0.421 e. The number of amides is 1. The van der Waals surface area contributed by atoms with Gasteiger partial charge >= 0.3 is 0 Å². The average Bonchev–Trinajstić information content (AvgIpc) is 2.87. The number of carbonyl (C=O) groups excluding carboxylic acids is 1. The van der Waals surface area contributed by atoms with Crippen LogP contribution in [-0.4, -0.2) is 16.1 Å². The van der Waals surface area contributed by atoms with Gasteiger partial charge in [0.15, 0.2) is 0 Å². The van der Waals surface area contributed by atoms with E-state index >= 15 is 0 Å². The molecule has 1 aromatic heterocycles. The molecule has 0 spiro atoms. The van der Waals surface area contributed by atoms with Crippen molar-refractivity contribution in [3.63, 3.8) is 0 Å². The number of hydrogen-bond acceptors (Lipinski definition) is 4. The number of carbonyl (C=O) groups is 1. The molecular formula is C15H19N3O2. The molecule has 1 heterocycles. The highest BCUT2D eigenvalue weighted by Gasteiger charge is 2.21. The quantitative estimate of drug-likeness (QED) is 0.931. The molecule has 0 aliphatic carbocycles. The molecule has 2 rings (SSSR count). The second-order valence-electron chi connectivity index (χ2n) is 5.64. The molecular weight excluding hydrogens is 254 g/mol. The lowest BCUT2D eigenvalue weighted by Gasteiger charge is -2.17. The lowest BCUT2D eigenvalue weighted by atomic mass is 9.95. The maximum Gasteiger partial charge on any atom is 0.247 e. The number of aromatic nitrogens is 2. The van der Waals surface area contributed by atoms with Gasteiger partial charge in [0, 0.05) is 23.1 Å². The number of hydrogen-bond donors (Lipinski definition) is 1. The Morgan fingerprint density at radius 1 is 1.20 bits per heavy atom. The van der Waals surface area contributed by atoms with E-state index < -0.39 is 5.41 Å². The molecule has 106 valence electrons. The van der Waals surface area contributed by atoms with Crippen LogP contribution in [0.15, 0.2) is 28.7 Å². The Labute approximate surface area is 118 Å². The Morgan fingerprint density at radius 3 is 2.35 bits per heavy atom. The van der Waals surface area contributed by atoms with E-state index in [1.165, 1.54) is 0 Å². The Kier molecular flexibility index (Phi) is 3.88. The Balaban J connectivity index is 2.12. The van der Waals surface area contributed by atoms with Gasteiger partial charge in [-0.05, 0) is 24.3 Å². The van der Waals surface area contributed by atoms with E-state index in [9.17, 15) is 4.79 Å². The molecule has 0 atom stereocenters. The second kappa shape index (κ2) is 5.45. The summed E-state index contributed by atoms with van der Waals surface area (Å²) in [6, 6.07) is 7.36. The van der Waals surface area contributed by atoms with Gasteiger partial charge in [-0.25, -0.2) is 0 Å². The molecule has 0 unspecified atom stereocenters. The van der Waals surface area contributed by atoms with Gasteiger partial charge in [0.2, 0.25) is 17.7 Å². The third kappa shape index (κ3) is 3.23. The molecule has 0 bridgehead atoms. The molecule has 1 aromatic carbocycles. The smallest absolute Gasteiger partial charge is 0.247 e. The molecule has 1 N–H and O–H groups in total. The van der Waals surface area contributed by atoms with E-state index in [0.29, 0.717) is 18.2 Å². The van der Waals surface area contributed by atoms with Crippen molar-refractivity contribution in [2.75, 3.05) is 5.32 Å². The number of anilines is 1. The summed E-state index contributed by atoms with van der Waals surface area (Å²) in [5.74, 6) is 1.09. The van der Waals surface area contributed by atoms with E-state index in [1.807, 2.05) is 52.0 Å². The predicted molar refractivity (Wildman–Crippen MR) is 77.2 cm³/mol. The van der Waals surface area contributed by atoms with Gasteiger partial charge in [-0.3, -0.25) is 4.79 Å². The Bertz CT molecular complexity index is 594. The van der Waals surface area contributed by atoms with E-state index in [4.69, 9.17) is 4.42 Å². The number of nitrogens with one attached hydrogen (secondary N) is 1. The first-order valence-corrected chi connectivity index (χ1v) is 6.64. The van der Waals surface area contributed by atoms with Crippen molar-refractivity contribution in [1.82, 2.24) is 10.2 Å². The topological polar surface area (TPSA) is 68.0 Å². The van der Waals surface area contributed by atoms with Gasteiger partial charge in [0.1, 0.15) is 0 Å². The molecule has 0 saturated heterocycles. The van der Waals surface area contributed by atoms with Gasteiger partial charge in [-0.2, -0.15) is 0 Å². The highest BCUT2D eigenvalue weighted by atomic mass is 16.4. The summed E-state index contributed by atoms with van der Waals surface area (Å²) in [5.41, 5.74) is 1.18. The fourth-order valence-corrected chi connectivity index (χ4v) is 1.53. The standard InChI is InChI=1S/C15H19N3O2/c1-5-12-17-18-13(20-12)10-6-8-11(9-7-10)16-14(19)15(2,3)4/h6-9H,5H2,1-4H3,(H,16,19). The summed E-state index contributed by atoms with van der Waals surface area (Å²) in [4.78, 5) is 11.9. The van der Waals surface area contributed by atoms with Crippen LogP contribution >= 0.6 is 0 Å². The average molecular weight is 273 g/mol. The molecule has 5 nitrogen and oxygen atoms in total. The van der Waals surface area contributed by atoms with Crippen LogP contribution in [0.25, 0.3) is 11.5 Å². The summed E-state index contributed by atoms with van der Waals surface area (Å²) in [6.45, 7) is 7.59. The Morgan fingerprint density at radius 2 is 1.85 bits per heavy atom. The highest BCUT2D eigenvalue weighted by Crippen LogP contribution is 2.22. The maximum atomic E-state index is 11.9. The fraction of sp³-hybridized carbons (Fsp3) is 0.400. The minimum atomic E-state index is -0.415. The van der Waals surface area contributed by atoms with Crippen LogP contribution in [-0.2, 0) is 11.2 Å². The van der Waals surface area contributed by atoms with Crippen molar-refractivity contribution in [2.24, 2.45) is 5.41 Å². The number of nitrogens with zero attached hydrogens (tertiary/aromatic N) is 2. The first-order chi connectivity index (χ1) is 9.40. The molecule has 0 saturated carbocycles. The van der Waals surface area contributed by atoms with Crippen LogP contribution < -0.4 is 5.32 Å². The summed E-state index contributed by atoms with van der Waals surface area (Å²) in [6.07, 6.45) is 0.715. The van der Waals surface area contributed by atoms with Crippen LogP contribution in [0.2, 0.25) is 0 Å². The van der Waals surface area contributed by atoms with Gasteiger partial charge in [-0.1, -0.05) is 27.7 Å².